The Labute approximate surface area is 123 Å². The third-order valence-corrected chi connectivity index (χ3v) is 4.30. The molecule has 0 spiro atoms. The summed E-state index contributed by atoms with van der Waals surface area (Å²) in [6, 6.07) is 4.91. The molecule has 20 heavy (non-hydrogen) atoms. The molecular formula is C16H28N4. The van der Waals surface area contributed by atoms with Gasteiger partial charge in [-0.05, 0) is 50.0 Å². The predicted molar refractivity (Wildman–Crippen MR) is 85.0 cm³/mol. The smallest absolute Gasteiger partial charge is 0.128 e. The standard InChI is InChI=1S/C16H28N4/c1-4-14-9-13(11-17)10-16(18-14)19(3)12-15-7-6-8-20(15)5-2/h9-10,15H,4-8,11-12,17H2,1-3H3. The minimum atomic E-state index is 0.584. The van der Waals surface area contributed by atoms with Crippen LogP contribution in [0, 0.1) is 0 Å². The summed E-state index contributed by atoms with van der Waals surface area (Å²) in [5, 5.41) is 0. The molecule has 1 aliphatic heterocycles. The maximum Gasteiger partial charge on any atom is 0.128 e. The second kappa shape index (κ2) is 7.04. The lowest BCUT2D eigenvalue weighted by atomic mass is 10.1. The lowest BCUT2D eigenvalue weighted by Gasteiger charge is -2.28. The Morgan fingerprint density at radius 1 is 1.40 bits per heavy atom. The summed E-state index contributed by atoms with van der Waals surface area (Å²) >= 11 is 0. The van der Waals surface area contributed by atoms with E-state index < -0.39 is 0 Å². The molecule has 1 aromatic rings. The third kappa shape index (κ3) is 3.49. The van der Waals surface area contributed by atoms with Gasteiger partial charge in [0, 0.05) is 31.9 Å². The number of likely N-dealkylation sites (tertiary alicyclic amines) is 1. The summed E-state index contributed by atoms with van der Waals surface area (Å²) in [5.74, 6) is 1.06. The van der Waals surface area contributed by atoms with Gasteiger partial charge in [-0.2, -0.15) is 0 Å². The van der Waals surface area contributed by atoms with Gasteiger partial charge in [0.05, 0.1) is 0 Å². The highest BCUT2D eigenvalue weighted by molar-refractivity contribution is 5.42. The normalized spacial score (nSPS) is 19.5. The SMILES string of the molecule is CCc1cc(CN)cc(N(C)CC2CCCN2CC)n1. The minimum Gasteiger partial charge on any atom is -0.358 e. The van der Waals surface area contributed by atoms with Crippen LogP contribution in [0.5, 0.6) is 0 Å². The first-order valence-corrected chi connectivity index (χ1v) is 7.83. The van der Waals surface area contributed by atoms with Crippen LogP contribution in [0.15, 0.2) is 12.1 Å². The van der Waals surface area contributed by atoms with Crippen LogP contribution in [-0.2, 0) is 13.0 Å². The topological polar surface area (TPSA) is 45.4 Å². The van der Waals surface area contributed by atoms with E-state index in [0.717, 1.165) is 31.0 Å². The summed E-state index contributed by atoms with van der Waals surface area (Å²) in [6.07, 6.45) is 3.58. The highest BCUT2D eigenvalue weighted by atomic mass is 15.2. The van der Waals surface area contributed by atoms with Crippen molar-refractivity contribution in [2.75, 3.05) is 31.6 Å². The molecular weight excluding hydrogens is 248 g/mol. The molecule has 4 nitrogen and oxygen atoms in total. The Morgan fingerprint density at radius 2 is 2.20 bits per heavy atom. The van der Waals surface area contributed by atoms with E-state index in [0.29, 0.717) is 12.6 Å². The van der Waals surface area contributed by atoms with Crippen molar-refractivity contribution in [3.8, 4) is 0 Å². The van der Waals surface area contributed by atoms with E-state index in [1.807, 2.05) is 0 Å². The minimum absolute atomic E-state index is 0.584. The first kappa shape index (κ1) is 15.3. The van der Waals surface area contributed by atoms with Gasteiger partial charge in [0.1, 0.15) is 5.82 Å². The van der Waals surface area contributed by atoms with Crippen molar-refractivity contribution in [2.24, 2.45) is 5.73 Å². The molecule has 4 heteroatoms. The highest BCUT2D eigenvalue weighted by Crippen LogP contribution is 2.20. The van der Waals surface area contributed by atoms with Gasteiger partial charge in [-0.15, -0.1) is 0 Å². The fourth-order valence-corrected chi connectivity index (χ4v) is 3.06. The number of hydrogen-bond donors (Lipinski definition) is 1. The fraction of sp³-hybridized carbons (Fsp3) is 0.688. The lowest BCUT2D eigenvalue weighted by Crippen LogP contribution is -2.39. The molecule has 0 radical (unpaired) electrons. The van der Waals surface area contributed by atoms with Gasteiger partial charge in [-0.1, -0.05) is 13.8 Å². The predicted octanol–water partition coefficient (Wildman–Crippen LogP) is 2.02. The van der Waals surface area contributed by atoms with Crippen LogP contribution in [0.4, 0.5) is 5.82 Å². The number of nitrogens with zero attached hydrogens (tertiary/aromatic N) is 3. The molecule has 2 heterocycles. The summed E-state index contributed by atoms with van der Waals surface area (Å²) in [5.41, 5.74) is 8.11. The van der Waals surface area contributed by atoms with Crippen molar-refractivity contribution >= 4 is 5.82 Å². The zero-order chi connectivity index (χ0) is 14.5. The highest BCUT2D eigenvalue weighted by Gasteiger charge is 2.24. The molecule has 2 N–H and O–H groups in total. The van der Waals surface area contributed by atoms with Gasteiger partial charge in [0.2, 0.25) is 0 Å². The molecule has 0 bridgehead atoms. The Kier molecular flexibility index (Phi) is 5.38. The largest absolute Gasteiger partial charge is 0.358 e. The van der Waals surface area contributed by atoms with E-state index in [1.54, 1.807) is 0 Å². The van der Waals surface area contributed by atoms with Crippen LogP contribution in [0.2, 0.25) is 0 Å². The van der Waals surface area contributed by atoms with Crippen molar-refractivity contribution in [1.29, 1.82) is 0 Å². The third-order valence-electron chi connectivity index (χ3n) is 4.30. The molecule has 0 amide bonds. The number of aryl methyl sites for hydroxylation is 1. The molecule has 1 aliphatic rings. The Morgan fingerprint density at radius 3 is 2.85 bits per heavy atom. The van der Waals surface area contributed by atoms with Crippen molar-refractivity contribution in [1.82, 2.24) is 9.88 Å². The molecule has 112 valence electrons. The number of hydrogen-bond acceptors (Lipinski definition) is 4. The molecule has 0 aliphatic carbocycles. The number of aromatic nitrogens is 1. The Hall–Kier alpha value is -1.13. The monoisotopic (exact) mass is 276 g/mol. The number of nitrogens with two attached hydrogens (primary N) is 1. The second-order valence-corrected chi connectivity index (χ2v) is 5.69. The molecule has 2 rings (SSSR count). The molecule has 1 aromatic heterocycles. The number of likely N-dealkylation sites (N-methyl/N-ethyl adjacent to an activating group) is 2. The fourth-order valence-electron chi connectivity index (χ4n) is 3.06. The second-order valence-electron chi connectivity index (χ2n) is 5.69. The molecule has 0 saturated carbocycles. The number of rotatable bonds is 6. The molecule has 0 aromatic carbocycles. The van der Waals surface area contributed by atoms with Crippen molar-refractivity contribution in [3.05, 3.63) is 23.4 Å². The van der Waals surface area contributed by atoms with E-state index in [1.165, 1.54) is 24.9 Å². The van der Waals surface area contributed by atoms with Crippen LogP contribution in [0.1, 0.15) is 37.9 Å². The number of pyridine rings is 1. The zero-order valence-corrected chi connectivity index (χ0v) is 13.1. The summed E-state index contributed by atoms with van der Waals surface area (Å²) in [6.45, 7) is 8.42. The van der Waals surface area contributed by atoms with Crippen molar-refractivity contribution < 1.29 is 0 Å². The first-order valence-electron chi connectivity index (χ1n) is 7.83. The van der Waals surface area contributed by atoms with Gasteiger partial charge < -0.3 is 10.6 Å². The van der Waals surface area contributed by atoms with Crippen LogP contribution in [0.25, 0.3) is 0 Å². The van der Waals surface area contributed by atoms with E-state index in [2.05, 4.69) is 42.8 Å². The van der Waals surface area contributed by atoms with E-state index in [4.69, 9.17) is 10.7 Å². The first-order chi connectivity index (χ1) is 9.67. The van der Waals surface area contributed by atoms with Crippen LogP contribution >= 0.6 is 0 Å². The summed E-state index contributed by atoms with van der Waals surface area (Å²) < 4.78 is 0. The van der Waals surface area contributed by atoms with Gasteiger partial charge in [0.25, 0.3) is 0 Å². The maximum absolute atomic E-state index is 5.80. The van der Waals surface area contributed by atoms with E-state index in [9.17, 15) is 0 Å². The zero-order valence-electron chi connectivity index (χ0n) is 13.1. The number of anilines is 1. The average molecular weight is 276 g/mol. The molecule has 1 atom stereocenters. The quantitative estimate of drug-likeness (QED) is 0.863. The summed E-state index contributed by atoms with van der Waals surface area (Å²) in [4.78, 5) is 9.61. The van der Waals surface area contributed by atoms with Crippen LogP contribution < -0.4 is 10.6 Å². The van der Waals surface area contributed by atoms with Crippen LogP contribution in [0.3, 0.4) is 0 Å². The van der Waals surface area contributed by atoms with Gasteiger partial charge in [-0.3, -0.25) is 4.90 Å². The van der Waals surface area contributed by atoms with E-state index >= 15 is 0 Å². The molecule has 1 fully saturated rings. The van der Waals surface area contributed by atoms with Gasteiger partial charge >= 0.3 is 0 Å². The van der Waals surface area contributed by atoms with Crippen molar-refractivity contribution in [2.45, 2.75) is 45.7 Å². The lowest BCUT2D eigenvalue weighted by molar-refractivity contribution is 0.270. The van der Waals surface area contributed by atoms with Gasteiger partial charge in [-0.25, -0.2) is 4.98 Å². The maximum atomic E-state index is 5.80. The average Bonchev–Trinajstić information content (AvgIpc) is 2.93. The van der Waals surface area contributed by atoms with Gasteiger partial charge in [0.15, 0.2) is 0 Å². The Bertz CT molecular complexity index is 410. The molecule has 1 saturated heterocycles. The van der Waals surface area contributed by atoms with Crippen molar-refractivity contribution in [3.63, 3.8) is 0 Å². The molecule has 1 unspecified atom stereocenters. The Balaban J connectivity index is 2.10. The van der Waals surface area contributed by atoms with Crippen LogP contribution in [-0.4, -0.2) is 42.6 Å². The van der Waals surface area contributed by atoms with E-state index in [-0.39, 0.29) is 0 Å². The summed E-state index contributed by atoms with van der Waals surface area (Å²) in [7, 11) is 2.15.